The van der Waals surface area contributed by atoms with Gasteiger partial charge in [0.05, 0.1) is 18.5 Å². The van der Waals surface area contributed by atoms with Crippen molar-refractivity contribution in [1.29, 1.82) is 0 Å². The Balaban J connectivity index is 2.76. The van der Waals surface area contributed by atoms with Crippen LogP contribution < -0.4 is 4.90 Å². The summed E-state index contributed by atoms with van der Waals surface area (Å²) >= 11 is 0. The van der Waals surface area contributed by atoms with E-state index in [1.807, 2.05) is 20.0 Å². The summed E-state index contributed by atoms with van der Waals surface area (Å²) in [5, 5.41) is 0. The number of hydrogen-bond donors (Lipinski definition) is 0. The second-order valence-electron chi connectivity index (χ2n) is 4.09. The number of rotatable bonds is 6. The van der Waals surface area contributed by atoms with Crippen molar-refractivity contribution in [2.45, 2.75) is 26.3 Å². The van der Waals surface area contributed by atoms with Crippen LogP contribution in [-0.2, 0) is 4.74 Å². The quantitative estimate of drug-likeness (QED) is 0.710. The largest absolute Gasteiger partial charge is 0.383 e. The summed E-state index contributed by atoms with van der Waals surface area (Å²) in [5.74, 6) is 0.0733. The molecule has 1 unspecified atom stereocenters. The predicted molar refractivity (Wildman–Crippen MR) is 68.6 cm³/mol. The summed E-state index contributed by atoms with van der Waals surface area (Å²) in [6, 6.07) is 3.97. The zero-order valence-corrected chi connectivity index (χ0v) is 10.9. The Kier molecular flexibility index (Phi) is 5.10. The van der Waals surface area contributed by atoms with Crippen molar-refractivity contribution in [2.75, 3.05) is 25.7 Å². The summed E-state index contributed by atoms with van der Waals surface area (Å²) in [4.78, 5) is 17.7. The molecule has 0 spiro atoms. The maximum atomic E-state index is 11.4. The summed E-state index contributed by atoms with van der Waals surface area (Å²) < 4.78 is 5.11. The van der Waals surface area contributed by atoms with Crippen molar-refractivity contribution in [2.24, 2.45) is 0 Å². The fourth-order valence-corrected chi connectivity index (χ4v) is 1.55. The Morgan fingerprint density at radius 1 is 1.53 bits per heavy atom. The molecule has 1 aromatic rings. The second kappa shape index (κ2) is 6.35. The maximum absolute atomic E-state index is 11.4. The Morgan fingerprint density at radius 3 is 2.71 bits per heavy atom. The molecule has 0 saturated heterocycles. The standard InChI is InChI=1S/C13H20N2O2/c1-5-13(16)12-7-6-11(8-14-12)15(3)10(2)9-17-4/h6-8,10H,5,9H2,1-4H3. The molecule has 1 atom stereocenters. The molecule has 1 aromatic heterocycles. The summed E-state index contributed by atoms with van der Waals surface area (Å²) in [7, 11) is 3.67. The van der Waals surface area contributed by atoms with Crippen molar-refractivity contribution < 1.29 is 9.53 Å². The fourth-order valence-electron chi connectivity index (χ4n) is 1.55. The van der Waals surface area contributed by atoms with Crippen molar-refractivity contribution in [3.05, 3.63) is 24.0 Å². The van der Waals surface area contributed by atoms with Gasteiger partial charge >= 0.3 is 0 Å². The van der Waals surface area contributed by atoms with Gasteiger partial charge in [-0.05, 0) is 19.1 Å². The van der Waals surface area contributed by atoms with Crippen LogP contribution in [-0.4, -0.2) is 37.6 Å². The Hall–Kier alpha value is -1.42. The number of hydrogen-bond acceptors (Lipinski definition) is 4. The minimum Gasteiger partial charge on any atom is -0.383 e. The predicted octanol–water partition coefficient (Wildman–Crippen LogP) is 2.15. The molecule has 4 nitrogen and oxygen atoms in total. The van der Waals surface area contributed by atoms with Crippen molar-refractivity contribution in [1.82, 2.24) is 4.98 Å². The molecule has 0 amide bonds. The van der Waals surface area contributed by atoms with Crippen LogP contribution in [0, 0.1) is 0 Å². The zero-order valence-electron chi connectivity index (χ0n) is 10.9. The maximum Gasteiger partial charge on any atom is 0.180 e. The summed E-state index contributed by atoms with van der Waals surface area (Å²) in [5.41, 5.74) is 1.52. The number of aromatic nitrogens is 1. The average Bonchev–Trinajstić information content (AvgIpc) is 2.37. The van der Waals surface area contributed by atoms with Crippen LogP contribution >= 0.6 is 0 Å². The minimum atomic E-state index is 0.0733. The SMILES string of the molecule is CCC(=O)c1ccc(N(C)C(C)COC)cn1. The van der Waals surface area contributed by atoms with Crippen LogP contribution in [0.2, 0.25) is 0 Å². The van der Waals surface area contributed by atoms with E-state index in [9.17, 15) is 4.79 Å². The molecule has 1 heterocycles. The monoisotopic (exact) mass is 236 g/mol. The molecule has 0 radical (unpaired) electrons. The van der Waals surface area contributed by atoms with Crippen LogP contribution in [0.25, 0.3) is 0 Å². The van der Waals surface area contributed by atoms with E-state index in [1.54, 1.807) is 19.4 Å². The van der Waals surface area contributed by atoms with Gasteiger partial charge in [0.2, 0.25) is 0 Å². The van der Waals surface area contributed by atoms with Crippen LogP contribution in [0.4, 0.5) is 5.69 Å². The van der Waals surface area contributed by atoms with Gasteiger partial charge in [0.25, 0.3) is 0 Å². The van der Waals surface area contributed by atoms with E-state index in [0.717, 1.165) is 5.69 Å². The Labute approximate surface area is 103 Å². The zero-order chi connectivity index (χ0) is 12.8. The first-order chi connectivity index (χ1) is 8.10. The van der Waals surface area contributed by atoms with Gasteiger partial charge in [-0.2, -0.15) is 0 Å². The smallest absolute Gasteiger partial charge is 0.180 e. The van der Waals surface area contributed by atoms with Crippen molar-refractivity contribution in [3.63, 3.8) is 0 Å². The lowest BCUT2D eigenvalue weighted by molar-refractivity contribution is 0.0983. The first kappa shape index (κ1) is 13.6. The van der Waals surface area contributed by atoms with Gasteiger partial charge in [-0.3, -0.25) is 9.78 Å². The number of likely N-dealkylation sites (N-methyl/N-ethyl adjacent to an activating group) is 1. The van der Waals surface area contributed by atoms with Gasteiger partial charge in [0.1, 0.15) is 5.69 Å². The molecule has 0 bridgehead atoms. The first-order valence-corrected chi connectivity index (χ1v) is 5.81. The van der Waals surface area contributed by atoms with E-state index in [4.69, 9.17) is 4.74 Å². The highest BCUT2D eigenvalue weighted by Crippen LogP contribution is 2.14. The van der Waals surface area contributed by atoms with E-state index in [-0.39, 0.29) is 11.8 Å². The van der Waals surface area contributed by atoms with Crippen LogP contribution in [0.15, 0.2) is 18.3 Å². The molecule has 0 saturated carbocycles. The normalized spacial score (nSPS) is 12.2. The molecule has 4 heteroatoms. The first-order valence-electron chi connectivity index (χ1n) is 5.81. The van der Waals surface area contributed by atoms with Gasteiger partial charge < -0.3 is 9.64 Å². The molecule has 0 aliphatic rings. The van der Waals surface area contributed by atoms with Gasteiger partial charge in [-0.1, -0.05) is 6.92 Å². The van der Waals surface area contributed by atoms with E-state index in [2.05, 4.69) is 16.8 Å². The summed E-state index contributed by atoms with van der Waals surface area (Å²) in [6.07, 6.45) is 2.22. The number of carbonyl (C=O) groups is 1. The van der Waals surface area contributed by atoms with Crippen LogP contribution in [0.5, 0.6) is 0 Å². The van der Waals surface area contributed by atoms with Gasteiger partial charge in [0, 0.05) is 26.6 Å². The molecule has 0 N–H and O–H groups in total. The van der Waals surface area contributed by atoms with E-state index in [1.165, 1.54) is 0 Å². The van der Waals surface area contributed by atoms with Crippen LogP contribution in [0.3, 0.4) is 0 Å². The van der Waals surface area contributed by atoms with Gasteiger partial charge in [-0.25, -0.2) is 0 Å². The number of methoxy groups -OCH3 is 1. The molecule has 0 aliphatic heterocycles. The minimum absolute atomic E-state index is 0.0733. The number of ether oxygens (including phenoxy) is 1. The van der Waals surface area contributed by atoms with Gasteiger partial charge in [-0.15, -0.1) is 0 Å². The van der Waals surface area contributed by atoms with Gasteiger partial charge in [0.15, 0.2) is 5.78 Å². The third-order valence-corrected chi connectivity index (χ3v) is 2.83. The summed E-state index contributed by atoms with van der Waals surface area (Å²) in [6.45, 7) is 4.57. The van der Waals surface area contributed by atoms with Crippen molar-refractivity contribution >= 4 is 11.5 Å². The topological polar surface area (TPSA) is 42.4 Å². The second-order valence-corrected chi connectivity index (χ2v) is 4.09. The van der Waals surface area contributed by atoms with E-state index >= 15 is 0 Å². The molecular weight excluding hydrogens is 216 g/mol. The number of anilines is 1. The highest BCUT2D eigenvalue weighted by Gasteiger charge is 2.11. The molecule has 17 heavy (non-hydrogen) atoms. The van der Waals surface area contributed by atoms with E-state index < -0.39 is 0 Å². The lowest BCUT2D eigenvalue weighted by Crippen LogP contribution is -2.32. The molecule has 0 fully saturated rings. The number of carbonyl (C=O) groups excluding carboxylic acids is 1. The molecule has 0 aromatic carbocycles. The van der Waals surface area contributed by atoms with Crippen LogP contribution in [0.1, 0.15) is 30.8 Å². The molecule has 1 rings (SSSR count). The number of Topliss-reactive ketones (excluding diaryl/α,β-unsaturated/α-hetero) is 1. The lowest BCUT2D eigenvalue weighted by atomic mass is 10.2. The number of ketones is 1. The average molecular weight is 236 g/mol. The molecule has 94 valence electrons. The highest BCUT2D eigenvalue weighted by atomic mass is 16.5. The highest BCUT2D eigenvalue weighted by molar-refractivity contribution is 5.94. The Morgan fingerprint density at radius 2 is 2.24 bits per heavy atom. The molecule has 0 aliphatic carbocycles. The number of nitrogens with zero attached hydrogens (tertiary/aromatic N) is 2. The van der Waals surface area contributed by atoms with Crippen molar-refractivity contribution in [3.8, 4) is 0 Å². The number of pyridine rings is 1. The van der Waals surface area contributed by atoms with E-state index in [0.29, 0.717) is 18.7 Å². The fraction of sp³-hybridized carbons (Fsp3) is 0.538. The molecular formula is C13H20N2O2. The third-order valence-electron chi connectivity index (χ3n) is 2.83. The lowest BCUT2D eigenvalue weighted by Gasteiger charge is -2.26. The third kappa shape index (κ3) is 3.53. The Bertz CT molecular complexity index is 362.